The molecule has 0 saturated carbocycles. The number of aromatic nitrogens is 1. The second kappa shape index (κ2) is 18.6. The molecular weight excluding hydrogens is 865 g/mol. The van der Waals surface area contributed by atoms with E-state index in [1.165, 1.54) is 98.1 Å². The molecule has 0 atom stereocenters. The van der Waals surface area contributed by atoms with E-state index >= 15 is 0 Å². The molecule has 70 heavy (non-hydrogen) atoms. The van der Waals surface area contributed by atoms with Gasteiger partial charge >= 0.3 is 0 Å². The highest BCUT2D eigenvalue weighted by molar-refractivity contribution is 7.19. The molecule has 0 spiro atoms. The van der Waals surface area contributed by atoms with Crippen LogP contribution in [0.1, 0.15) is 35.8 Å². The first-order valence-electron chi connectivity index (χ1n) is 24.3. The number of benzene rings is 9. The fraction of sp³-hybridized carbons (Fsp3) is 0.0597. The molecule has 0 saturated heterocycles. The Morgan fingerprint density at radius 2 is 1.14 bits per heavy atom. The van der Waals surface area contributed by atoms with E-state index in [1.807, 2.05) is 17.4 Å². The van der Waals surface area contributed by atoms with Crippen LogP contribution in [0.4, 0.5) is 17.1 Å². The highest BCUT2D eigenvalue weighted by atomic mass is 32.1. The lowest BCUT2D eigenvalue weighted by atomic mass is 9.95. The van der Waals surface area contributed by atoms with E-state index in [2.05, 4.69) is 266 Å². The molecule has 12 rings (SSSR count). The van der Waals surface area contributed by atoms with Gasteiger partial charge in [0.15, 0.2) is 0 Å². The maximum Gasteiger partial charge on any atom is 0.0547 e. The van der Waals surface area contributed by atoms with E-state index in [0.29, 0.717) is 0 Å². The molecule has 11 aromatic rings. The second-order valence-electron chi connectivity index (χ2n) is 18.0. The number of hydrogen-bond donors (Lipinski definition) is 0. The Morgan fingerprint density at radius 3 is 1.87 bits per heavy atom. The first-order valence-corrected chi connectivity index (χ1v) is 25.1. The minimum Gasteiger partial charge on any atom is -0.310 e. The fourth-order valence-corrected chi connectivity index (χ4v) is 11.3. The lowest BCUT2D eigenvalue weighted by Crippen LogP contribution is -2.10. The lowest BCUT2D eigenvalue weighted by Gasteiger charge is -2.26. The van der Waals surface area contributed by atoms with Crippen molar-refractivity contribution in [2.75, 3.05) is 4.90 Å². The largest absolute Gasteiger partial charge is 0.310 e. The van der Waals surface area contributed by atoms with E-state index in [9.17, 15) is 0 Å². The number of aryl methyl sites for hydroxylation is 1. The van der Waals surface area contributed by atoms with Gasteiger partial charge in [-0.05, 0) is 154 Å². The Hall–Kier alpha value is -8.46. The van der Waals surface area contributed by atoms with Gasteiger partial charge in [-0.3, -0.25) is 0 Å². The number of thiophene rings is 1. The van der Waals surface area contributed by atoms with Gasteiger partial charge in [0, 0.05) is 54.1 Å². The number of rotatable bonds is 11. The smallest absolute Gasteiger partial charge is 0.0547 e. The summed E-state index contributed by atoms with van der Waals surface area (Å²) in [5, 5.41) is 3.82. The Bertz CT molecular complexity index is 3860. The summed E-state index contributed by atoms with van der Waals surface area (Å²) in [6.07, 6.45) is 12.7. The van der Waals surface area contributed by atoms with E-state index in [-0.39, 0.29) is 0 Å². The van der Waals surface area contributed by atoms with Crippen molar-refractivity contribution < 1.29 is 0 Å². The topological polar surface area (TPSA) is 8.17 Å². The van der Waals surface area contributed by atoms with Crippen molar-refractivity contribution in [1.82, 2.24) is 4.57 Å². The Kier molecular flexibility index (Phi) is 11.4. The maximum atomic E-state index is 3.41. The number of nitrogens with zero attached hydrogens (tertiary/aromatic N) is 2. The number of fused-ring (bicyclic) bond motifs is 4. The molecule has 0 fully saturated rings. The molecule has 0 bridgehead atoms. The molecular formula is C67H50N2S. The van der Waals surface area contributed by atoms with Crippen LogP contribution in [0.3, 0.4) is 0 Å². The molecule has 0 radical (unpaired) electrons. The van der Waals surface area contributed by atoms with E-state index in [4.69, 9.17) is 0 Å². The number of para-hydroxylation sites is 1. The molecule has 2 aromatic heterocycles. The quantitative estimate of drug-likeness (QED) is 0.117. The minimum absolute atomic E-state index is 0.911. The van der Waals surface area contributed by atoms with Crippen LogP contribution in [-0.2, 0) is 0 Å². The van der Waals surface area contributed by atoms with Crippen molar-refractivity contribution in [3.63, 3.8) is 0 Å². The van der Waals surface area contributed by atoms with Gasteiger partial charge in [0.25, 0.3) is 0 Å². The second-order valence-corrected chi connectivity index (χ2v) is 19.3. The molecule has 3 heteroatoms. The van der Waals surface area contributed by atoms with E-state index in [0.717, 1.165) is 35.5 Å². The third-order valence-corrected chi connectivity index (χ3v) is 14.8. The zero-order chi connectivity index (χ0) is 47.0. The van der Waals surface area contributed by atoms with Crippen LogP contribution >= 0.6 is 11.3 Å². The van der Waals surface area contributed by atoms with Gasteiger partial charge < -0.3 is 9.47 Å². The first-order chi connectivity index (χ1) is 34.6. The average Bonchev–Trinajstić information content (AvgIpc) is 3.94. The molecule has 2 heterocycles. The summed E-state index contributed by atoms with van der Waals surface area (Å²) >= 11 is 1.88. The Morgan fingerprint density at radius 1 is 0.529 bits per heavy atom. The molecule has 0 unspecified atom stereocenters. The molecule has 0 N–H and O–H groups in total. The predicted octanol–water partition coefficient (Wildman–Crippen LogP) is 19.4. The van der Waals surface area contributed by atoms with Crippen molar-refractivity contribution in [2.24, 2.45) is 0 Å². The van der Waals surface area contributed by atoms with E-state index < -0.39 is 0 Å². The van der Waals surface area contributed by atoms with Gasteiger partial charge in [0.1, 0.15) is 0 Å². The van der Waals surface area contributed by atoms with Crippen LogP contribution in [0, 0.1) is 6.92 Å². The molecule has 2 nitrogen and oxygen atoms in total. The number of anilines is 3. The first kappa shape index (κ1) is 42.9. The fourth-order valence-electron chi connectivity index (χ4n) is 10.2. The third kappa shape index (κ3) is 8.02. The maximum absolute atomic E-state index is 3.41. The standard InChI is InChI=1S/C67H50N2S/c1-3-4-24-60-46(2)70-66-42-41-59(45-63(60)66)69-64-27-12-11-25-62(64)67-61(26-15-28-65(67)69)55-22-13-20-53(43-55)54-21-14-23-58(44-54)68(56-37-33-51(34-38-56)48-18-9-6-10-19-48)57-39-35-52(36-40-57)50-31-29-49(30-32-50)47-16-7-5-8-17-47/h4-15,18-45H,3,16H2,1-2H3/b24-4-. The highest BCUT2D eigenvalue weighted by Crippen LogP contribution is 2.43. The zero-order valence-corrected chi connectivity index (χ0v) is 40.1. The van der Waals surface area contributed by atoms with Crippen LogP contribution in [0.15, 0.2) is 242 Å². The van der Waals surface area contributed by atoms with Crippen molar-refractivity contribution >= 4 is 71.9 Å². The average molecular weight is 915 g/mol. The van der Waals surface area contributed by atoms with Crippen LogP contribution < -0.4 is 4.90 Å². The van der Waals surface area contributed by atoms with Crippen molar-refractivity contribution in [3.8, 4) is 50.2 Å². The minimum atomic E-state index is 0.911. The molecule has 334 valence electrons. The molecule has 1 aliphatic carbocycles. The molecule has 0 aliphatic heterocycles. The normalized spacial score (nSPS) is 12.4. The van der Waals surface area contributed by atoms with Crippen LogP contribution in [0.5, 0.6) is 0 Å². The molecule has 1 aliphatic rings. The number of hydrogen-bond acceptors (Lipinski definition) is 2. The van der Waals surface area contributed by atoms with Crippen LogP contribution in [-0.4, -0.2) is 4.57 Å². The summed E-state index contributed by atoms with van der Waals surface area (Å²) in [4.78, 5) is 3.73. The Labute approximate surface area is 414 Å². The lowest BCUT2D eigenvalue weighted by molar-refractivity contribution is 1.19. The van der Waals surface area contributed by atoms with Gasteiger partial charge in [-0.15, -0.1) is 17.1 Å². The summed E-state index contributed by atoms with van der Waals surface area (Å²) < 4.78 is 3.78. The molecule has 0 amide bonds. The summed E-state index contributed by atoms with van der Waals surface area (Å²) in [6, 6.07) is 78.1. The van der Waals surface area contributed by atoms with Gasteiger partial charge in [0.2, 0.25) is 0 Å². The third-order valence-electron chi connectivity index (χ3n) is 13.7. The van der Waals surface area contributed by atoms with Crippen LogP contribution in [0.25, 0.3) is 93.7 Å². The van der Waals surface area contributed by atoms with Crippen molar-refractivity contribution in [2.45, 2.75) is 26.7 Å². The SMILES string of the molecule is CC/C=C\c1c(C)sc2ccc(-n3c4ccccc4c4c(-c5cccc(-c6cccc(N(c7ccc(-c8ccccc8)cc7)c7ccc(-c8ccc(C9=C=CC=CC9)cc8)cc7)c6)c5)cccc43)cc12. The monoisotopic (exact) mass is 914 g/mol. The summed E-state index contributed by atoms with van der Waals surface area (Å²) in [5.41, 5.74) is 23.5. The molecule has 9 aromatic carbocycles. The summed E-state index contributed by atoms with van der Waals surface area (Å²) in [5.74, 6) is 0. The van der Waals surface area contributed by atoms with Crippen LogP contribution in [0.2, 0.25) is 0 Å². The van der Waals surface area contributed by atoms with Gasteiger partial charge in [-0.1, -0.05) is 171 Å². The zero-order valence-electron chi connectivity index (χ0n) is 39.3. The van der Waals surface area contributed by atoms with Gasteiger partial charge in [0.05, 0.1) is 11.0 Å². The van der Waals surface area contributed by atoms with Gasteiger partial charge in [-0.25, -0.2) is 0 Å². The van der Waals surface area contributed by atoms with Gasteiger partial charge in [-0.2, -0.15) is 0 Å². The Balaban J connectivity index is 0.922. The van der Waals surface area contributed by atoms with Crippen molar-refractivity contribution in [3.05, 3.63) is 258 Å². The number of allylic oxidation sites excluding steroid dienone is 4. The summed E-state index contributed by atoms with van der Waals surface area (Å²) in [7, 11) is 0. The van der Waals surface area contributed by atoms with E-state index in [1.54, 1.807) is 0 Å². The predicted molar refractivity (Wildman–Crippen MR) is 302 cm³/mol. The summed E-state index contributed by atoms with van der Waals surface area (Å²) in [6.45, 7) is 4.44. The highest BCUT2D eigenvalue weighted by Gasteiger charge is 2.19. The van der Waals surface area contributed by atoms with Crippen molar-refractivity contribution in [1.29, 1.82) is 0 Å².